The van der Waals surface area contributed by atoms with E-state index in [4.69, 9.17) is 16.3 Å². The lowest BCUT2D eigenvalue weighted by molar-refractivity contribution is 0.0888. The predicted octanol–water partition coefficient (Wildman–Crippen LogP) is 3.27. The van der Waals surface area contributed by atoms with Gasteiger partial charge in [-0.1, -0.05) is 29.8 Å². The Balaban J connectivity index is 1.82. The van der Waals surface area contributed by atoms with Crippen molar-refractivity contribution in [3.8, 4) is 16.9 Å². The summed E-state index contributed by atoms with van der Waals surface area (Å²) in [6, 6.07) is 13.6. The molecule has 8 heteroatoms. The van der Waals surface area contributed by atoms with Crippen molar-refractivity contribution < 1.29 is 19.0 Å². The fourth-order valence-corrected chi connectivity index (χ4v) is 3.50. The molecule has 3 aromatic rings. The van der Waals surface area contributed by atoms with E-state index in [1.165, 1.54) is 30.3 Å². The standard InChI is InChI=1S/C22H18ClFN2O4/c23-15-6-4-13(5-7-15)19-10-18(20(27)8-14-11-30-12-21(14)28)22(29)26(25-19)17-3-1-2-16(24)9-17/h1-7,9-10,14,21,28H,8,11-12H2/t14-,21+/m0/s1. The maximum absolute atomic E-state index is 13.8. The Bertz CT molecular complexity index is 1150. The number of aliphatic hydroxyl groups excluding tert-OH is 1. The second-order valence-corrected chi connectivity index (χ2v) is 7.58. The molecule has 154 valence electrons. The van der Waals surface area contributed by atoms with Gasteiger partial charge in [-0.25, -0.2) is 4.39 Å². The fourth-order valence-electron chi connectivity index (χ4n) is 3.37. The number of nitrogens with zero attached hydrogens (tertiary/aromatic N) is 2. The van der Waals surface area contributed by atoms with Gasteiger partial charge in [0.05, 0.1) is 36.3 Å². The lowest BCUT2D eigenvalue weighted by Crippen LogP contribution is -2.30. The molecule has 1 N–H and O–H groups in total. The monoisotopic (exact) mass is 428 g/mol. The molecule has 0 unspecified atom stereocenters. The fraction of sp³-hybridized carbons (Fsp3) is 0.227. The number of aromatic nitrogens is 2. The lowest BCUT2D eigenvalue weighted by atomic mass is 9.96. The summed E-state index contributed by atoms with van der Waals surface area (Å²) in [6.45, 7) is 0.415. The van der Waals surface area contributed by atoms with Gasteiger partial charge >= 0.3 is 0 Å². The van der Waals surface area contributed by atoms with E-state index in [1.807, 2.05) is 0 Å². The third-order valence-electron chi connectivity index (χ3n) is 5.02. The third-order valence-corrected chi connectivity index (χ3v) is 5.27. The van der Waals surface area contributed by atoms with Crippen LogP contribution in [0.3, 0.4) is 0 Å². The summed E-state index contributed by atoms with van der Waals surface area (Å²) >= 11 is 5.95. The number of hydrogen-bond acceptors (Lipinski definition) is 5. The van der Waals surface area contributed by atoms with Gasteiger partial charge in [-0.3, -0.25) is 9.59 Å². The zero-order chi connectivity index (χ0) is 21.3. The molecule has 2 atom stereocenters. The first-order valence-corrected chi connectivity index (χ1v) is 9.75. The quantitative estimate of drug-likeness (QED) is 0.631. The van der Waals surface area contributed by atoms with Gasteiger partial charge in [0, 0.05) is 22.9 Å². The Morgan fingerprint density at radius 1 is 1.20 bits per heavy atom. The van der Waals surface area contributed by atoms with Crippen LogP contribution >= 0.6 is 11.6 Å². The van der Waals surface area contributed by atoms with Crippen LogP contribution in [-0.4, -0.2) is 40.0 Å². The summed E-state index contributed by atoms with van der Waals surface area (Å²) in [6.07, 6.45) is -0.791. The van der Waals surface area contributed by atoms with Crippen molar-refractivity contribution in [1.82, 2.24) is 9.78 Å². The van der Waals surface area contributed by atoms with Crippen molar-refractivity contribution in [1.29, 1.82) is 0 Å². The van der Waals surface area contributed by atoms with E-state index < -0.39 is 23.3 Å². The normalized spacial score (nSPS) is 18.5. The van der Waals surface area contributed by atoms with Crippen LogP contribution in [0.5, 0.6) is 0 Å². The zero-order valence-electron chi connectivity index (χ0n) is 15.8. The van der Waals surface area contributed by atoms with Gasteiger partial charge < -0.3 is 9.84 Å². The number of carbonyl (C=O) groups is 1. The van der Waals surface area contributed by atoms with E-state index in [0.717, 1.165) is 4.68 Å². The molecule has 1 saturated heterocycles. The Hall–Kier alpha value is -2.87. The number of hydrogen-bond donors (Lipinski definition) is 1. The Morgan fingerprint density at radius 2 is 1.97 bits per heavy atom. The molecule has 1 aliphatic heterocycles. The minimum Gasteiger partial charge on any atom is -0.390 e. The highest BCUT2D eigenvalue weighted by atomic mass is 35.5. The molecule has 0 bridgehead atoms. The van der Waals surface area contributed by atoms with Crippen LogP contribution < -0.4 is 5.56 Å². The van der Waals surface area contributed by atoms with E-state index in [-0.39, 0.29) is 36.8 Å². The van der Waals surface area contributed by atoms with Crippen molar-refractivity contribution in [2.45, 2.75) is 12.5 Å². The minimum absolute atomic E-state index is 0.0381. The first kappa shape index (κ1) is 20.4. The summed E-state index contributed by atoms with van der Waals surface area (Å²) in [7, 11) is 0. The van der Waals surface area contributed by atoms with Crippen LogP contribution in [0.1, 0.15) is 16.8 Å². The minimum atomic E-state index is -0.753. The Kier molecular flexibility index (Phi) is 5.76. The lowest BCUT2D eigenvalue weighted by Gasteiger charge is -2.13. The molecule has 0 amide bonds. The number of aliphatic hydroxyl groups is 1. The maximum Gasteiger partial charge on any atom is 0.282 e. The molecular formula is C22H18ClFN2O4. The smallest absolute Gasteiger partial charge is 0.282 e. The van der Waals surface area contributed by atoms with Crippen molar-refractivity contribution in [3.05, 3.63) is 81.4 Å². The second kappa shape index (κ2) is 8.47. The van der Waals surface area contributed by atoms with Crippen LogP contribution in [0, 0.1) is 11.7 Å². The SMILES string of the molecule is O=C(C[C@H]1COC[C@H]1O)c1cc(-c2ccc(Cl)cc2)nn(-c2cccc(F)c2)c1=O. The molecule has 0 saturated carbocycles. The largest absolute Gasteiger partial charge is 0.390 e. The highest BCUT2D eigenvalue weighted by molar-refractivity contribution is 6.30. The zero-order valence-corrected chi connectivity index (χ0v) is 16.6. The molecular weight excluding hydrogens is 411 g/mol. The highest BCUT2D eigenvalue weighted by Crippen LogP contribution is 2.23. The number of benzene rings is 2. The van der Waals surface area contributed by atoms with Gasteiger partial charge in [0.15, 0.2) is 5.78 Å². The molecule has 2 heterocycles. The average molecular weight is 429 g/mol. The molecule has 2 aromatic carbocycles. The molecule has 4 rings (SSSR count). The number of ketones is 1. The Morgan fingerprint density at radius 3 is 2.63 bits per heavy atom. The van der Waals surface area contributed by atoms with Gasteiger partial charge in [0.2, 0.25) is 0 Å². The van der Waals surface area contributed by atoms with Crippen molar-refractivity contribution in [3.63, 3.8) is 0 Å². The first-order chi connectivity index (χ1) is 14.4. The second-order valence-electron chi connectivity index (χ2n) is 7.14. The van der Waals surface area contributed by atoms with Gasteiger partial charge in [-0.05, 0) is 36.4 Å². The summed E-state index contributed by atoms with van der Waals surface area (Å²) in [5.41, 5.74) is 0.467. The van der Waals surface area contributed by atoms with E-state index in [1.54, 1.807) is 24.3 Å². The molecule has 30 heavy (non-hydrogen) atoms. The Labute approximate surface area is 176 Å². The van der Waals surface area contributed by atoms with Gasteiger partial charge in [0.25, 0.3) is 5.56 Å². The average Bonchev–Trinajstić information content (AvgIpc) is 3.13. The summed E-state index contributed by atoms with van der Waals surface area (Å²) in [5.74, 6) is -1.35. The third kappa shape index (κ3) is 4.18. The van der Waals surface area contributed by atoms with Crippen LogP contribution in [0.4, 0.5) is 4.39 Å². The summed E-state index contributed by atoms with van der Waals surface area (Å²) in [5, 5.41) is 14.8. The molecule has 6 nitrogen and oxygen atoms in total. The van der Waals surface area contributed by atoms with Gasteiger partial charge in [-0.15, -0.1) is 0 Å². The number of ether oxygens (including phenoxy) is 1. The van der Waals surface area contributed by atoms with E-state index in [0.29, 0.717) is 16.3 Å². The number of carbonyl (C=O) groups excluding carboxylic acids is 1. The first-order valence-electron chi connectivity index (χ1n) is 9.37. The van der Waals surface area contributed by atoms with Crippen molar-refractivity contribution in [2.24, 2.45) is 5.92 Å². The topological polar surface area (TPSA) is 81.4 Å². The summed E-state index contributed by atoms with van der Waals surface area (Å²) < 4.78 is 20.0. The van der Waals surface area contributed by atoms with Crippen molar-refractivity contribution >= 4 is 17.4 Å². The van der Waals surface area contributed by atoms with E-state index in [2.05, 4.69) is 5.10 Å². The molecule has 1 aliphatic rings. The molecule has 0 radical (unpaired) electrons. The molecule has 0 aliphatic carbocycles. The molecule has 1 fully saturated rings. The van der Waals surface area contributed by atoms with Gasteiger partial charge in [0.1, 0.15) is 5.82 Å². The molecule has 0 spiro atoms. The van der Waals surface area contributed by atoms with Crippen LogP contribution in [0.25, 0.3) is 16.9 Å². The van der Waals surface area contributed by atoms with Crippen LogP contribution in [0.2, 0.25) is 5.02 Å². The highest BCUT2D eigenvalue weighted by Gasteiger charge is 2.30. The van der Waals surface area contributed by atoms with Crippen LogP contribution in [-0.2, 0) is 4.74 Å². The van der Waals surface area contributed by atoms with Crippen molar-refractivity contribution in [2.75, 3.05) is 13.2 Å². The summed E-state index contributed by atoms with van der Waals surface area (Å²) in [4.78, 5) is 26.0. The van der Waals surface area contributed by atoms with E-state index >= 15 is 0 Å². The van der Waals surface area contributed by atoms with Gasteiger partial charge in [-0.2, -0.15) is 9.78 Å². The number of rotatable bonds is 5. The number of Topliss-reactive ketones (excluding diaryl/α,β-unsaturated/α-hetero) is 1. The molecule has 1 aromatic heterocycles. The predicted molar refractivity (Wildman–Crippen MR) is 110 cm³/mol. The number of halogens is 2. The van der Waals surface area contributed by atoms with E-state index in [9.17, 15) is 19.1 Å². The maximum atomic E-state index is 13.8. The van der Waals surface area contributed by atoms with Crippen LogP contribution in [0.15, 0.2) is 59.4 Å².